The van der Waals surface area contributed by atoms with Crippen molar-refractivity contribution in [3.05, 3.63) is 59.9 Å². The van der Waals surface area contributed by atoms with Crippen molar-refractivity contribution in [1.29, 1.82) is 0 Å². The van der Waals surface area contributed by atoms with Crippen LogP contribution in [0.3, 0.4) is 0 Å². The first-order valence-electron chi connectivity index (χ1n) is 4.91. The molecule has 16 heavy (non-hydrogen) atoms. The van der Waals surface area contributed by atoms with Crippen LogP contribution in [0.25, 0.3) is 0 Å². The zero-order chi connectivity index (χ0) is 11.4. The summed E-state index contributed by atoms with van der Waals surface area (Å²) in [7, 11) is 0. The zero-order valence-electron chi connectivity index (χ0n) is 8.56. The molecule has 2 nitrogen and oxygen atoms in total. The number of hydrogen-bond acceptors (Lipinski definition) is 2. The highest BCUT2D eigenvalue weighted by Crippen LogP contribution is 2.18. The summed E-state index contributed by atoms with van der Waals surface area (Å²) in [4.78, 5) is 0. The van der Waals surface area contributed by atoms with E-state index in [0.29, 0.717) is 6.61 Å². The molecular weight excluding hydrogens is 207 g/mol. The number of rotatable bonds is 3. The molecule has 0 aliphatic rings. The van der Waals surface area contributed by atoms with Gasteiger partial charge in [-0.3, -0.25) is 0 Å². The molecule has 82 valence electrons. The van der Waals surface area contributed by atoms with Gasteiger partial charge in [0.05, 0.1) is 0 Å². The average molecular weight is 218 g/mol. The van der Waals surface area contributed by atoms with E-state index >= 15 is 0 Å². The molecule has 2 aromatic rings. The van der Waals surface area contributed by atoms with Gasteiger partial charge in [0, 0.05) is 0 Å². The number of aromatic hydroxyl groups is 1. The van der Waals surface area contributed by atoms with Crippen LogP contribution >= 0.6 is 0 Å². The molecule has 0 fully saturated rings. The van der Waals surface area contributed by atoms with Gasteiger partial charge >= 0.3 is 0 Å². The lowest BCUT2D eigenvalue weighted by molar-refractivity contribution is 0.305. The van der Waals surface area contributed by atoms with Gasteiger partial charge in [-0.15, -0.1) is 0 Å². The Morgan fingerprint density at radius 3 is 2.50 bits per heavy atom. The molecule has 0 bridgehead atoms. The van der Waals surface area contributed by atoms with Crippen molar-refractivity contribution in [3.63, 3.8) is 0 Å². The number of phenols is 1. The third-order valence-electron chi connectivity index (χ3n) is 2.16. The second-order valence-electron chi connectivity index (χ2n) is 3.39. The van der Waals surface area contributed by atoms with Crippen LogP contribution in [-0.2, 0) is 6.61 Å². The third-order valence-corrected chi connectivity index (χ3v) is 2.16. The quantitative estimate of drug-likeness (QED) is 0.857. The van der Waals surface area contributed by atoms with Gasteiger partial charge in [0.1, 0.15) is 12.4 Å². The molecule has 0 heterocycles. The summed E-state index contributed by atoms with van der Waals surface area (Å²) >= 11 is 0. The lowest BCUT2D eigenvalue weighted by atomic mass is 10.2. The molecule has 0 amide bonds. The molecule has 0 aliphatic carbocycles. The summed E-state index contributed by atoms with van der Waals surface area (Å²) in [5, 5.41) is 9.17. The van der Waals surface area contributed by atoms with Crippen LogP contribution in [-0.4, -0.2) is 5.11 Å². The number of benzene rings is 2. The van der Waals surface area contributed by atoms with Gasteiger partial charge in [0.15, 0.2) is 11.6 Å². The van der Waals surface area contributed by atoms with Crippen LogP contribution in [0.2, 0.25) is 0 Å². The first-order chi connectivity index (χ1) is 7.75. The number of phenolic OH excluding ortho intramolecular Hbond substituents is 1. The summed E-state index contributed by atoms with van der Waals surface area (Å²) in [5.74, 6) is -0.232. The van der Waals surface area contributed by atoms with E-state index in [4.69, 9.17) is 9.84 Å². The SMILES string of the molecule is Oc1cc(COc2ccccc2)ccc1F. The predicted octanol–water partition coefficient (Wildman–Crippen LogP) is 3.11. The lowest BCUT2D eigenvalue weighted by Gasteiger charge is -2.06. The van der Waals surface area contributed by atoms with Crippen molar-refractivity contribution in [3.8, 4) is 11.5 Å². The highest BCUT2D eigenvalue weighted by Gasteiger charge is 2.01. The lowest BCUT2D eigenvalue weighted by Crippen LogP contribution is -1.95. The van der Waals surface area contributed by atoms with E-state index < -0.39 is 5.82 Å². The van der Waals surface area contributed by atoms with E-state index in [-0.39, 0.29) is 5.75 Å². The first-order valence-corrected chi connectivity index (χ1v) is 4.91. The first kappa shape index (κ1) is 10.5. The summed E-state index contributed by atoms with van der Waals surface area (Å²) in [6.07, 6.45) is 0. The van der Waals surface area contributed by atoms with E-state index in [1.807, 2.05) is 30.3 Å². The van der Waals surface area contributed by atoms with Crippen LogP contribution in [0, 0.1) is 5.82 Å². The van der Waals surface area contributed by atoms with Crippen molar-refractivity contribution in [2.75, 3.05) is 0 Å². The molecule has 0 aliphatic heterocycles. The maximum atomic E-state index is 12.8. The zero-order valence-corrected chi connectivity index (χ0v) is 8.56. The molecule has 1 N–H and O–H groups in total. The molecule has 2 rings (SSSR count). The van der Waals surface area contributed by atoms with Gasteiger partial charge in [-0.05, 0) is 29.8 Å². The smallest absolute Gasteiger partial charge is 0.164 e. The monoisotopic (exact) mass is 218 g/mol. The van der Waals surface area contributed by atoms with Crippen molar-refractivity contribution in [1.82, 2.24) is 0 Å². The van der Waals surface area contributed by atoms with Crippen LogP contribution in [0.5, 0.6) is 11.5 Å². The standard InChI is InChI=1S/C13H11FO2/c14-12-7-6-10(8-13(12)15)9-16-11-4-2-1-3-5-11/h1-8,15H,9H2. The van der Waals surface area contributed by atoms with E-state index in [0.717, 1.165) is 11.3 Å². The molecule has 2 aromatic carbocycles. The average Bonchev–Trinajstić information content (AvgIpc) is 2.32. The molecule has 0 unspecified atom stereocenters. The van der Waals surface area contributed by atoms with Crippen LogP contribution < -0.4 is 4.74 Å². The summed E-state index contributed by atoms with van der Waals surface area (Å²) < 4.78 is 18.2. The molecule has 3 heteroatoms. The number of ether oxygens (including phenoxy) is 1. The molecule has 0 radical (unpaired) electrons. The maximum absolute atomic E-state index is 12.8. The van der Waals surface area contributed by atoms with Crippen molar-refractivity contribution < 1.29 is 14.2 Å². The molecule has 0 spiro atoms. The second-order valence-corrected chi connectivity index (χ2v) is 3.39. The molecular formula is C13H11FO2. The largest absolute Gasteiger partial charge is 0.505 e. The minimum absolute atomic E-state index is 0.303. The van der Waals surface area contributed by atoms with Crippen molar-refractivity contribution in [2.45, 2.75) is 6.61 Å². The number of para-hydroxylation sites is 1. The van der Waals surface area contributed by atoms with Crippen LogP contribution in [0.1, 0.15) is 5.56 Å². The predicted molar refractivity (Wildman–Crippen MR) is 58.8 cm³/mol. The van der Waals surface area contributed by atoms with Gasteiger partial charge in [-0.25, -0.2) is 4.39 Å². The topological polar surface area (TPSA) is 29.5 Å². The van der Waals surface area contributed by atoms with E-state index in [1.54, 1.807) is 6.07 Å². The van der Waals surface area contributed by atoms with Crippen molar-refractivity contribution in [2.24, 2.45) is 0 Å². The molecule has 0 saturated heterocycles. The van der Waals surface area contributed by atoms with Crippen molar-refractivity contribution >= 4 is 0 Å². The van der Waals surface area contributed by atoms with Gasteiger partial charge in [-0.1, -0.05) is 24.3 Å². The fourth-order valence-corrected chi connectivity index (χ4v) is 1.33. The Kier molecular flexibility index (Phi) is 3.05. The van der Waals surface area contributed by atoms with Crippen LogP contribution in [0.15, 0.2) is 48.5 Å². The van der Waals surface area contributed by atoms with Gasteiger partial charge in [0.2, 0.25) is 0 Å². The second kappa shape index (κ2) is 4.66. The normalized spacial score (nSPS) is 10.1. The van der Waals surface area contributed by atoms with E-state index in [1.165, 1.54) is 12.1 Å². The number of halogens is 1. The minimum Gasteiger partial charge on any atom is -0.505 e. The minimum atomic E-state index is -0.622. The fourth-order valence-electron chi connectivity index (χ4n) is 1.33. The van der Waals surface area contributed by atoms with Crippen LogP contribution in [0.4, 0.5) is 4.39 Å². The Labute approximate surface area is 92.9 Å². The Morgan fingerprint density at radius 1 is 1.06 bits per heavy atom. The molecule has 0 atom stereocenters. The fraction of sp³-hybridized carbons (Fsp3) is 0.0769. The summed E-state index contributed by atoms with van der Waals surface area (Å²) in [6.45, 7) is 0.303. The summed E-state index contributed by atoms with van der Waals surface area (Å²) in [5.41, 5.74) is 0.725. The Balaban J connectivity index is 2.03. The van der Waals surface area contributed by atoms with E-state index in [2.05, 4.69) is 0 Å². The number of hydrogen-bond donors (Lipinski definition) is 1. The molecule has 0 aromatic heterocycles. The highest BCUT2D eigenvalue weighted by atomic mass is 19.1. The third kappa shape index (κ3) is 2.51. The summed E-state index contributed by atoms with van der Waals surface area (Å²) in [6, 6.07) is 13.5. The Morgan fingerprint density at radius 2 is 1.81 bits per heavy atom. The van der Waals surface area contributed by atoms with Gasteiger partial charge in [-0.2, -0.15) is 0 Å². The molecule has 0 saturated carbocycles. The highest BCUT2D eigenvalue weighted by molar-refractivity contribution is 5.29. The van der Waals surface area contributed by atoms with E-state index in [9.17, 15) is 4.39 Å². The maximum Gasteiger partial charge on any atom is 0.164 e. The van der Waals surface area contributed by atoms with Gasteiger partial charge in [0.25, 0.3) is 0 Å². The Hall–Kier alpha value is -2.03. The van der Waals surface area contributed by atoms with Gasteiger partial charge < -0.3 is 9.84 Å². The Bertz CT molecular complexity index is 469.